The van der Waals surface area contributed by atoms with Gasteiger partial charge < -0.3 is 50.5 Å². The number of hydrogen-bond acceptors (Lipinski definition) is 10. The molecule has 0 bridgehead atoms. The van der Waals surface area contributed by atoms with E-state index in [1.54, 1.807) is 0 Å². The predicted octanol–water partition coefficient (Wildman–Crippen LogP) is 17.4. The molecule has 0 aromatic rings. The second kappa shape index (κ2) is 60.6. The van der Waals surface area contributed by atoms with Crippen molar-refractivity contribution in [2.24, 2.45) is 0 Å². The molecule has 8 N–H and O–H groups in total. The SMILES string of the molecule is CCCCCCCCCCCCCCC/C=C\C/C=C\CCCCCCCCCCCCCCCCCCC(O)C(=O)NC(COC1OC(CO)C(O)C(O)C1O)C(O)C(O)CCC/C=C/CCCCCCCCCCCCCCCCC. The average Bonchev–Trinajstić information content (AvgIpc) is 3.69. The first-order valence-electron chi connectivity index (χ1n) is 35.9. The summed E-state index contributed by atoms with van der Waals surface area (Å²) in [5.41, 5.74) is 0. The van der Waals surface area contributed by atoms with Gasteiger partial charge in [-0.3, -0.25) is 4.79 Å². The monoisotopic (exact) mass is 1180 g/mol. The number of carbonyl (C=O) groups is 1. The van der Waals surface area contributed by atoms with Crippen LogP contribution >= 0.6 is 0 Å². The van der Waals surface area contributed by atoms with Gasteiger partial charge in [0, 0.05) is 0 Å². The van der Waals surface area contributed by atoms with E-state index in [0.717, 1.165) is 44.9 Å². The number of hydrogen-bond donors (Lipinski definition) is 8. The van der Waals surface area contributed by atoms with Crippen molar-refractivity contribution in [3.05, 3.63) is 36.5 Å². The second-order valence-corrected chi connectivity index (χ2v) is 25.3. The van der Waals surface area contributed by atoms with Crippen LogP contribution in [0.4, 0.5) is 0 Å². The summed E-state index contributed by atoms with van der Waals surface area (Å²) < 4.78 is 11.2. The largest absolute Gasteiger partial charge is 0.394 e. The molecule has 0 radical (unpaired) electrons. The van der Waals surface area contributed by atoms with Crippen LogP contribution in [0.2, 0.25) is 0 Å². The Labute approximate surface area is 511 Å². The molecule has 0 spiro atoms. The zero-order chi connectivity index (χ0) is 60.3. The fourth-order valence-corrected chi connectivity index (χ4v) is 11.7. The van der Waals surface area contributed by atoms with E-state index >= 15 is 0 Å². The molecular weight excluding hydrogens is 1040 g/mol. The molecule has 1 heterocycles. The molecule has 1 aliphatic heterocycles. The van der Waals surface area contributed by atoms with E-state index in [4.69, 9.17) is 9.47 Å². The molecule has 0 saturated carbocycles. The fraction of sp³-hybridized carbons (Fsp3) is 0.903. The lowest BCUT2D eigenvalue weighted by molar-refractivity contribution is -0.303. The predicted molar refractivity (Wildman–Crippen MR) is 349 cm³/mol. The molecule has 0 aromatic heterocycles. The minimum absolute atomic E-state index is 0.255. The summed E-state index contributed by atoms with van der Waals surface area (Å²) in [5, 5.41) is 76.4. The highest BCUT2D eigenvalue weighted by atomic mass is 16.7. The molecule has 83 heavy (non-hydrogen) atoms. The number of ether oxygens (including phenoxy) is 2. The zero-order valence-electron chi connectivity index (χ0n) is 54.2. The molecule has 490 valence electrons. The quantitative estimate of drug-likeness (QED) is 0.0215. The van der Waals surface area contributed by atoms with E-state index in [1.807, 2.05) is 0 Å². The van der Waals surface area contributed by atoms with Crippen molar-refractivity contribution in [2.75, 3.05) is 13.2 Å². The molecule has 11 nitrogen and oxygen atoms in total. The van der Waals surface area contributed by atoms with Gasteiger partial charge in [0.1, 0.15) is 36.6 Å². The van der Waals surface area contributed by atoms with Gasteiger partial charge in [-0.15, -0.1) is 0 Å². The smallest absolute Gasteiger partial charge is 0.249 e. The molecule has 9 unspecified atom stereocenters. The van der Waals surface area contributed by atoms with Crippen LogP contribution in [0.3, 0.4) is 0 Å². The molecule has 9 atom stereocenters. The van der Waals surface area contributed by atoms with Gasteiger partial charge in [-0.05, 0) is 70.6 Å². The lowest BCUT2D eigenvalue weighted by Crippen LogP contribution is -2.60. The van der Waals surface area contributed by atoms with Crippen LogP contribution in [0.25, 0.3) is 0 Å². The van der Waals surface area contributed by atoms with E-state index in [-0.39, 0.29) is 12.8 Å². The van der Waals surface area contributed by atoms with Crippen LogP contribution in [0, 0.1) is 0 Å². The Bertz CT molecular complexity index is 1440. The average molecular weight is 1180 g/mol. The molecule has 1 amide bonds. The fourth-order valence-electron chi connectivity index (χ4n) is 11.7. The van der Waals surface area contributed by atoms with Crippen LogP contribution < -0.4 is 5.32 Å². The maximum atomic E-state index is 13.2. The molecule has 1 saturated heterocycles. The van der Waals surface area contributed by atoms with Gasteiger partial charge >= 0.3 is 0 Å². The van der Waals surface area contributed by atoms with E-state index < -0.39 is 74.2 Å². The summed E-state index contributed by atoms with van der Waals surface area (Å²) in [4.78, 5) is 13.2. The Balaban J connectivity index is 2.16. The Hall–Kier alpha value is -1.67. The molecule has 0 aromatic carbocycles. The van der Waals surface area contributed by atoms with Crippen LogP contribution in [0.5, 0.6) is 0 Å². The normalized spacial score (nSPS) is 19.2. The van der Waals surface area contributed by atoms with E-state index in [0.29, 0.717) is 12.8 Å². The maximum absolute atomic E-state index is 13.2. The van der Waals surface area contributed by atoms with Gasteiger partial charge in [-0.25, -0.2) is 0 Å². The van der Waals surface area contributed by atoms with Crippen molar-refractivity contribution in [3.63, 3.8) is 0 Å². The van der Waals surface area contributed by atoms with Gasteiger partial charge in [0.05, 0.1) is 25.4 Å². The number of carbonyl (C=O) groups excluding carboxylic acids is 1. The maximum Gasteiger partial charge on any atom is 0.249 e. The van der Waals surface area contributed by atoms with Gasteiger partial charge in [-0.1, -0.05) is 314 Å². The second-order valence-electron chi connectivity index (χ2n) is 25.3. The number of aliphatic hydroxyl groups excluding tert-OH is 7. The van der Waals surface area contributed by atoms with Crippen molar-refractivity contribution >= 4 is 5.91 Å². The van der Waals surface area contributed by atoms with Gasteiger partial charge in [-0.2, -0.15) is 0 Å². The van der Waals surface area contributed by atoms with Crippen molar-refractivity contribution in [1.29, 1.82) is 0 Å². The van der Waals surface area contributed by atoms with Gasteiger partial charge in [0.2, 0.25) is 5.91 Å². The van der Waals surface area contributed by atoms with Crippen molar-refractivity contribution in [3.8, 4) is 0 Å². The topological polar surface area (TPSA) is 189 Å². The zero-order valence-corrected chi connectivity index (χ0v) is 54.2. The van der Waals surface area contributed by atoms with Crippen molar-refractivity contribution in [2.45, 2.75) is 403 Å². The number of nitrogens with one attached hydrogen (secondary N) is 1. The number of unbranched alkanes of at least 4 members (excludes halogenated alkanes) is 45. The number of rotatable bonds is 63. The standard InChI is InChI=1S/C72H137NO10/c1-3-5-7-9-11-13-15-17-19-21-23-25-26-27-28-29-30-31-32-33-34-35-36-37-38-39-40-42-44-46-48-50-52-54-56-58-60-65(76)71(81)73-63(62-82-72-70(80)69(79)68(78)66(61-74)83-72)67(77)64(75)59-57-55-53-51-49-47-45-43-41-24-22-20-18-16-14-12-10-8-6-4-2/h28-29,31-32,51,53,63-70,72,74-80H,3-27,30,33-50,52,54-62H2,1-2H3,(H,73,81)/b29-28-,32-31-,53-51+. The minimum atomic E-state index is -1.67. The van der Waals surface area contributed by atoms with E-state index in [9.17, 15) is 40.5 Å². The molecular formula is C72H137NO10. The lowest BCUT2D eigenvalue weighted by atomic mass is 9.98. The summed E-state index contributed by atoms with van der Waals surface area (Å²) in [6.07, 6.45) is 66.7. The molecule has 11 heteroatoms. The third-order valence-electron chi connectivity index (χ3n) is 17.4. The Morgan fingerprint density at radius 1 is 0.422 bits per heavy atom. The number of aliphatic hydroxyl groups is 7. The Kier molecular flexibility index (Phi) is 57.9. The van der Waals surface area contributed by atoms with Crippen LogP contribution in [-0.2, 0) is 14.3 Å². The van der Waals surface area contributed by atoms with Crippen LogP contribution in [0.1, 0.15) is 348 Å². The highest BCUT2D eigenvalue weighted by molar-refractivity contribution is 5.80. The first kappa shape index (κ1) is 79.3. The van der Waals surface area contributed by atoms with Crippen molar-refractivity contribution < 1.29 is 50.0 Å². The highest BCUT2D eigenvalue weighted by Crippen LogP contribution is 2.24. The summed E-state index contributed by atoms with van der Waals surface area (Å²) in [7, 11) is 0. The molecule has 1 rings (SSSR count). The number of amides is 1. The minimum Gasteiger partial charge on any atom is -0.394 e. The van der Waals surface area contributed by atoms with Gasteiger partial charge in [0.15, 0.2) is 6.29 Å². The molecule has 0 aliphatic carbocycles. The third kappa shape index (κ3) is 48.0. The Morgan fingerprint density at radius 3 is 1.11 bits per heavy atom. The first-order valence-corrected chi connectivity index (χ1v) is 35.9. The number of allylic oxidation sites excluding steroid dienone is 6. The first-order chi connectivity index (χ1) is 40.7. The molecule has 1 fully saturated rings. The van der Waals surface area contributed by atoms with Crippen LogP contribution in [0.15, 0.2) is 36.5 Å². The summed E-state index contributed by atoms with van der Waals surface area (Å²) in [5.74, 6) is -0.701. The third-order valence-corrected chi connectivity index (χ3v) is 17.4. The van der Waals surface area contributed by atoms with Crippen molar-refractivity contribution in [1.82, 2.24) is 5.32 Å². The van der Waals surface area contributed by atoms with E-state index in [2.05, 4.69) is 55.6 Å². The van der Waals surface area contributed by atoms with Crippen LogP contribution in [-0.4, -0.2) is 110 Å². The Morgan fingerprint density at radius 2 is 0.747 bits per heavy atom. The van der Waals surface area contributed by atoms with Gasteiger partial charge in [0.25, 0.3) is 0 Å². The summed E-state index contributed by atoms with van der Waals surface area (Å²) >= 11 is 0. The van der Waals surface area contributed by atoms with E-state index in [1.165, 1.54) is 263 Å². The summed E-state index contributed by atoms with van der Waals surface area (Å²) in [6.45, 7) is 3.49. The lowest BCUT2D eigenvalue weighted by Gasteiger charge is -2.40. The highest BCUT2D eigenvalue weighted by Gasteiger charge is 2.44. The summed E-state index contributed by atoms with van der Waals surface area (Å²) in [6, 6.07) is -1.19. The molecule has 1 aliphatic rings.